The molecule has 2 N–H and O–H groups in total. The van der Waals surface area contributed by atoms with Gasteiger partial charge in [-0.3, -0.25) is 9.69 Å². The second-order valence-corrected chi connectivity index (χ2v) is 2.92. The zero-order chi connectivity index (χ0) is 8.27. The Labute approximate surface area is 65.4 Å². The van der Waals surface area contributed by atoms with E-state index >= 15 is 0 Å². The summed E-state index contributed by atoms with van der Waals surface area (Å²) in [6, 6.07) is 0. The predicted octanol–water partition coefficient (Wildman–Crippen LogP) is -0.472. The molecule has 1 rings (SSSR count). The first-order chi connectivity index (χ1) is 5.18. The average Bonchev–Trinajstić information content (AvgIpc) is 1.85. The van der Waals surface area contributed by atoms with Gasteiger partial charge in [-0.05, 0) is 19.4 Å². The Kier molecular flexibility index (Phi) is 2.84. The predicted molar refractivity (Wildman–Crippen MR) is 39.3 cm³/mol. The van der Waals surface area contributed by atoms with E-state index in [0.29, 0.717) is 6.54 Å². The number of likely N-dealkylation sites (tertiary alicyclic amines) is 1. The summed E-state index contributed by atoms with van der Waals surface area (Å²) in [5.74, 6) is -0.820. The number of aliphatic carboxylic acids is 1. The summed E-state index contributed by atoms with van der Waals surface area (Å²) in [6.07, 6.45) is 1.37. The van der Waals surface area contributed by atoms with E-state index in [2.05, 4.69) is 0 Å². The van der Waals surface area contributed by atoms with Gasteiger partial charge in [0.2, 0.25) is 0 Å². The van der Waals surface area contributed by atoms with Crippen LogP contribution in [0.4, 0.5) is 0 Å². The van der Waals surface area contributed by atoms with Crippen LogP contribution in [0.5, 0.6) is 0 Å². The number of piperidine rings is 1. The van der Waals surface area contributed by atoms with Gasteiger partial charge in [0.25, 0.3) is 0 Å². The van der Waals surface area contributed by atoms with Crippen molar-refractivity contribution >= 4 is 5.97 Å². The van der Waals surface area contributed by atoms with Gasteiger partial charge >= 0.3 is 5.97 Å². The van der Waals surface area contributed by atoms with Gasteiger partial charge in [0.05, 0.1) is 12.6 Å². The van der Waals surface area contributed by atoms with Crippen LogP contribution in [0.3, 0.4) is 0 Å². The second kappa shape index (κ2) is 3.69. The van der Waals surface area contributed by atoms with Gasteiger partial charge in [-0.15, -0.1) is 0 Å². The first kappa shape index (κ1) is 8.49. The number of β-amino-alcohol motifs (C(OH)–C–C–N with tert-alkyl or cyclic N) is 1. The van der Waals surface area contributed by atoms with Crippen molar-refractivity contribution in [1.82, 2.24) is 4.90 Å². The average molecular weight is 159 g/mol. The molecular formula is C7H13NO3. The summed E-state index contributed by atoms with van der Waals surface area (Å²) in [5, 5.41) is 17.6. The third-order valence-electron chi connectivity index (χ3n) is 1.84. The SMILES string of the molecule is O=C(O)CN1CCCC(O)C1. The number of hydrogen-bond donors (Lipinski definition) is 2. The zero-order valence-corrected chi connectivity index (χ0v) is 6.36. The molecule has 0 radical (unpaired) electrons. The number of carboxylic acids is 1. The van der Waals surface area contributed by atoms with Crippen LogP contribution in [0.2, 0.25) is 0 Å². The van der Waals surface area contributed by atoms with E-state index < -0.39 is 5.97 Å². The van der Waals surface area contributed by atoms with Crippen molar-refractivity contribution in [2.24, 2.45) is 0 Å². The first-order valence-corrected chi connectivity index (χ1v) is 3.80. The van der Waals surface area contributed by atoms with Gasteiger partial charge in [0.1, 0.15) is 0 Å². The molecule has 0 aliphatic carbocycles. The fourth-order valence-corrected chi connectivity index (χ4v) is 1.37. The maximum absolute atomic E-state index is 10.3. The van der Waals surface area contributed by atoms with Crippen LogP contribution in [-0.4, -0.2) is 46.8 Å². The minimum absolute atomic E-state index is 0.0526. The van der Waals surface area contributed by atoms with Crippen LogP contribution in [-0.2, 0) is 4.79 Å². The lowest BCUT2D eigenvalue weighted by molar-refractivity contribution is -0.139. The lowest BCUT2D eigenvalue weighted by Crippen LogP contribution is -2.40. The summed E-state index contributed by atoms with van der Waals surface area (Å²) in [5.41, 5.74) is 0. The molecule has 1 aliphatic heterocycles. The lowest BCUT2D eigenvalue weighted by Gasteiger charge is -2.28. The van der Waals surface area contributed by atoms with Crippen molar-refractivity contribution < 1.29 is 15.0 Å². The van der Waals surface area contributed by atoms with E-state index in [1.807, 2.05) is 0 Å². The van der Waals surface area contributed by atoms with Gasteiger partial charge in [-0.2, -0.15) is 0 Å². The van der Waals surface area contributed by atoms with Gasteiger partial charge < -0.3 is 10.2 Å². The van der Waals surface area contributed by atoms with Crippen molar-refractivity contribution in [3.63, 3.8) is 0 Å². The minimum atomic E-state index is -0.820. The highest BCUT2D eigenvalue weighted by atomic mass is 16.4. The minimum Gasteiger partial charge on any atom is -0.480 e. The lowest BCUT2D eigenvalue weighted by atomic mass is 10.1. The second-order valence-electron chi connectivity index (χ2n) is 2.92. The van der Waals surface area contributed by atoms with Crippen molar-refractivity contribution in [2.45, 2.75) is 18.9 Å². The summed E-state index contributed by atoms with van der Waals surface area (Å²) in [6.45, 7) is 1.35. The third-order valence-corrected chi connectivity index (χ3v) is 1.84. The third kappa shape index (κ3) is 2.86. The first-order valence-electron chi connectivity index (χ1n) is 3.80. The summed E-state index contributed by atoms with van der Waals surface area (Å²) >= 11 is 0. The molecule has 64 valence electrons. The van der Waals surface area contributed by atoms with E-state index in [4.69, 9.17) is 10.2 Å². The molecule has 1 atom stereocenters. The smallest absolute Gasteiger partial charge is 0.317 e. The normalized spacial score (nSPS) is 26.8. The van der Waals surface area contributed by atoms with Crippen LogP contribution in [0.15, 0.2) is 0 Å². The number of aliphatic hydroxyl groups is 1. The van der Waals surface area contributed by atoms with Gasteiger partial charge in [0, 0.05) is 6.54 Å². The molecule has 0 aromatic carbocycles. The Morgan fingerprint density at radius 2 is 2.36 bits per heavy atom. The van der Waals surface area contributed by atoms with Gasteiger partial charge in [-0.1, -0.05) is 0 Å². The largest absolute Gasteiger partial charge is 0.480 e. The molecule has 0 bridgehead atoms. The monoisotopic (exact) mass is 159 g/mol. The molecular weight excluding hydrogens is 146 g/mol. The number of hydrogen-bond acceptors (Lipinski definition) is 3. The number of carbonyl (C=O) groups is 1. The van der Waals surface area contributed by atoms with E-state index in [0.717, 1.165) is 19.4 Å². The van der Waals surface area contributed by atoms with Crippen molar-refractivity contribution in [1.29, 1.82) is 0 Å². The summed E-state index contributed by atoms with van der Waals surface area (Å²) < 4.78 is 0. The van der Waals surface area contributed by atoms with E-state index in [1.54, 1.807) is 4.90 Å². The molecule has 4 heteroatoms. The molecule has 1 unspecified atom stereocenters. The Morgan fingerprint density at radius 1 is 1.64 bits per heavy atom. The topological polar surface area (TPSA) is 60.8 Å². The molecule has 1 aliphatic rings. The molecule has 0 aromatic heterocycles. The molecule has 11 heavy (non-hydrogen) atoms. The quantitative estimate of drug-likeness (QED) is 0.571. The number of rotatable bonds is 2. The molecule has 0 spiro atoms. The Bertz CT molecular complexity index is 149. The van der Waals surface area contributed by atoms with Crippen LogP contribution in [0.25, 0.3) is 0 Å². The fraction of sp³-hybridized carbons (Fsp3) is 0.857. The van der Waals surface area contributed by atoms with Crippen LogP contribution < -0.4 is 0 Å². The Balaban J connectivity index is 2.28. The summed E-state index contributed by atoms with van der Waals surface area (Å²) in [4.78, 5) is 12.0. The molecule has 1 fully saturated rings. The Hall–Kier alpha value is -0.610. The molecule has 0 aromatic rings. The molecule has 0 amide bonds. The molecule has 1 saturated heterocycles. The number of aliphatic hydroxyl groups excluding tert-OH is 1. The van der Waals surface area contributed by atoms with E-state index in [9.17, 15) is 4.79 Å². The molecule has 1 heterocycles. The van der Waals surface area contributed by atoms with E-state index in [-0.39, 0.29) is 12.6 Å². The molecule has 4 nitrogen and oxygen atoms in total. The standard InChI is InChI=1S/C7H13NO3/c9-6-2-1-3-8(4-6)5-7(10)11/h6,9H,1-5H2,(H,10,11). The molecule has 0 saturated carbocycles. The van der Waals surface area contributed by atoms with Crippen LogP contribution >= 0.6 is 0 Å². The fourth-order valence-electron chi connectivity index (χ4n) is 1.37. The maximum atomic E-state index is 10.3. The Morgan fingerprint density at radius 3 is 2.91 bits per heavy atom. The number of carboxylic acid groups (broad SMARTS) is 1. The highest BCUT2D eigenvalue weighted by molar-refractivity contribution is 5.69. The highest BCUT2D eigenvalue weighted by Crippen LogP contribution is 2.08. The summed E-state index contributed by atoms with van der Waals surface area (Å²) in [7, 11) is 0. The van der Waals surface area contributed by atoms with E-state index in [1.165, 1.54) is 0 Å². The maximum Gasteiger partial charge on any atom is 0.317 e. The number of nitrogens with zero attached hydrogens (tertiary/aromatic N) is 1. The van der Waals surface area contributed by atoms with Crippen molar-refractivity contribution in [3.05, 3.63) is 0 Å². The van der Waals surface area contributed by atoms with Crippen LogP contribution in [0, 0.1) is 0 Å². The van der Waals surface area contributed by atoms with Crippen molar-refractivity contribution in [2.75, 3.05) is 19.6 Å². The van der Waals surface area contributed by atoms with Gasteiger partial charge in [-0.25, -0.2) is 0 Å². The highest BCUT2D eigenvalue weighted by Gasteiger charge is 2.18. The van der Waals surface area contributed by atoms with Crippen molar-refractivity contribution in [3.8, 4) is 0 Å². The zero-order valence-electron chi connectivity index (χ0n) is 6.36. The van der Waals surface area contributed by atoms with Crippen LogP contribution in [0.1, 0.15) is 12.8 Å². The van der Waals surface area contributed by atoms with Gasteiger partial charge in [0.15, 0.2) is 0 Å².